The van der Waals surface area contributed by atoms with E-state index in [0.29, 0.717) is 0 Å². The van der Waals surface area contributed by atoms with Crippen molar-refractivity contribution in [1.29, 1.82) is 0 Å². The molecule has 0 unspecified atom stereocenters. The van der Waals surface area contributed by atoms with Crippen LogP contribution in [0.15, 0.2) is 36.4 Å². The molecule has 1 nitrogen and oxygen atoms in total. The van der Waals surface area contributed by atoms with Crippen molar-refractivity contribution >= 4 is 31.3 Å². The fourth-order valence-corrected chi connectivity index (χ4v) is 3.92. The zero-order chi connectivity index (χ0) is 11.1. The third-order valence-corrected chi connectivity index (χ3v) is 5.18. The first kappa shape index (κ1) is 9.67. The molecule has 80 valence electrons. The molecule has 0 amide bonds. The largest absolute Gasteiger partial charge is 0.356 e. The topological polar surface area (TPSA) is 12.0 Å². The molecule has 0 spiro atoms. The molecule has 1 N–H and O–H groups in total. The normalized spacial score (nSPS) is 12.6. The average Bonchev–Trinajstić information content (AvgIpc) is 2.26. The van der Waals surface area contributed by atoms with Gasteiger partial charge in [-0.15, -0.1) is 0 Å². The van der Waals surface area contributed by atoms with E-state index in [-0.39, 0.29) is 9.52 Å². The Hall–Kier alpha value is -1.54. The molecule has 1 aliphatic heterocycles. The van der Waals surface area contributed by atoms with Gasteiger partial charge in [0, 0.05) is 11.4 Å². The molecule has 16 heavy (non-hydrogen) atoms. The van der Waals surface area contributed by atoms with Crippen molar-refractivity contribution in [3.63, 3.8) is 0 Å². The predicted molar refractivity (Wildman–Crippen MR) is 73.5 cm³/mol. The molecule has 0 radical (unpaired) electrons. The third-order valence-electron chi connectivity index (χ3n) is 3.18. The molecule has 0 atom stereocenters. The Morgan fingerprint density at radius 3 is 1.81 bits per heavy atom. The van der Waals surface area contributed by atoms with Crippen molar-refractivity contribution in [2.75, 3.05) is 5.32 Å². The van der Waals surface area contributed by atoms with Crippen LogP contribution in [0, 0.1) is 13.8 Å². The number of fused-ring (bicyclic) bond motifs is 2. The Kier molecular flexibility index (Phi) is 2.11. The Morgan fingerprint density at radius 2 is 1.31 bits per heavy atom. The van der Waals surface area contributed by atoms with E-state index >= 15 is 0 Å². The highest BCUT2D eigenvalue weighted by Crippen LogP contribution is 2.19. The lowest BCUT2D eigenvalue weighted by molar-refractivity contribution is 1.44. The molecule has 3 rings (SSSR count). The Morgan fingerprint density at radius 1 is 0.812 bits per heavy atom. The third kappa shape index (κ3) is 1.55. The summed E-state index contributed by atoms with van der Waals surface area (Å²) in [7, 11) is -0.289. The average molecular weight is 225 g/mol. The Bertz CT molecular complexity index is 511. The minimum atomic E-state index is -0.289. The summed E-state index contributed by atoms with van der Waals surface area (Å²) in [5, 5.41) is 6.62. The second-order valence-corrected chi connectivity index (χ2v) is 6.50. The number of rotatable bonds is 0. The number of aryl methyl sites for hydroxylation is 2. The van der Waals surface area contributed by atoms with Crippen molar-refractivity contribution < 1.29 is 0 Å². The Balaban J connectivity index is 2.10. The van der Waals surface area contributed by atoms with E-state index in [9.17, 15) is 0 Å². The standard InChI is InChI=1S/C14H15NSi/c1-9-3-5-13-11(7-9)15-12-8-10(2)4-6-14(12)16-13/h3-8,15H,16H2,1-2H3. The van der Waals surface area contributed by atoms with Gasteiger partial charge in [0.05, 0.1) is 9.52 Å². The van der Waals surface area contributed by atoms with Crippen molar-refractivity contribution in [2.45, 2.75) is 13.8 Å². The monoisotopic (exact) mass is 225 g/mol. The highest BCUT2D eigenvalue weighted by atomic mass is 28.2. The van der Waals surface area contributed by atoms with Crippen LogP contribution < -0.4 is 15.7 Å². The molecule has 1 aliphatic rings. The summed E-state index contributed by atoms with van der Waals surface area (Å²) in [4.78, 5) is 0. The maximum atomic E-state index is 3.56. The number of nitrogens with one attached hydrogen (secondary N) is 1. The second-order valence-electron chi connectivity index (χ2n) is 4.62. The SMILES string of the molecule is Cc1ccc2c(c1)Nc1cc(C)ccc1[SiH2]2. The minimum absolute atomic E-state index is 0.289. The molecule has 0 bridgehead atoms. The summed E-state index contributed by atoms with van der Waals surface area (Å²) in [6, 6.07) is 13.5. The maximum absolute atomic E-state index is 3.56. The van der Waals surface area contributed by atoms with E-state index in [2.05, 4.69) is 55.6 Å². The van der Waals surface area contributed by atoms with Crippen LogP contribution in [0.5, 0.6) is 0 Å². The summed E-state index contributed by atoms with van der Waals surface area (Å²) >= 11 is 0. The fraction of sp³-hybridized carbons (Fsp3) is 0.143. The van der Waals surface area contributed by atoms with Gasteiger partial charge in [0.2, 0.25) is 0 Å². The molecule has 2 aromatic rings. The van der Waals surface area contributed by atoms with E-state index in [0.717, 1.165) is 0 Å². The smallest absolute Gasteiger partial charge is 0.0929 e. The Labute approximate surface area is 98.3 Å². The molecule has 0 saturated carbocycles. The highest BCUT2D eigenvalue weighted by molar-refractivity contribution is 6.71. The van der Waals surface area contributed by atoms with Crippen molar-refractivity contribution in [3.05, 3.63) is 47.5 Å². The summed E-state index contributed by atoms with van der Waals surface area (Å²) in [6.45, 7) is 4.30. The van der Waals surface area contributed by atoms with Gasteiger partial charge in [-0.1, -0.05) is 24.3 Å². The van der Waals surface area contributed by atoms with Gasteiger partial charge < -0.3 is 5.32 Å². The van der Waals surface area contributed by atoms with Gasteiger partial charge >= 0.3 is 0 Å². The van der Waals surface area contributed by atoms with Crippen molar-refractivity contribution in [1.82, 2.24) is 0 Å². The van der Waals surface area contributed by atoms with E-state index in [4.69, 9.17) is 0 Å². The van der Waals surface area contributed by atoms with Crippen LogP contribution >= 0.6 is 0 Å². The quantitative estimate of drug-likeness (QED) is 0.572. The number of hydrogen-bond donors (Lipinski definition) is 1. The van der Waals surface area contributed by atoms with E-state index < -0.39 is 0 Å². The second kappa shape index (κ2) is 3.49. The summed E-state index contributed by atoms with van der Waals surface area (Å²) in [5.74, 6) is 0. The van der Waals surface area contributed by atoms with Crippen molar-refractivity contribution in [3.8, 4) is 0 Å². The van der Waals surface area contributed by atoms with E-state index in [1.54, 1.807) is 0 Å². The lowest BCUT2D eigenvalue weighted by Gasteiger charge is -2.22. The molecular formula is C14H15NSi. The van der Waals surface area contributed by atoms with Crippen LogP contribution in [0.3, 0.4) is 0 Å². The summed E-state index contributed by atoms with van der Waals surface area (Å²) in [5.41, 5.74) is 5.31. The van der Waals surface area contributed by atoms with Gasteiger partial charge in [0.15, 0.2) is 0 Å². The van der Waals surface area contributed by atoms with Gasteiger partial charge in [-0.25, -0.2) is 0 Å². The molecule has 2 heteroatoms. The van der Waals surface area contributed by atoms with Gasteiger partial charge in [0.1, 0.15) is 0 Å². The predicted octanol–water partition coefficient (Wildman–Crippen LogP) is 1.48. The number of hydrogen-bond acceptors (Lipinski definition) is 1. The summed E-state index contributed by atoms with van der Waals surface area (Å²) in [6.07, 6.45) is 0. The van der Waals surface area contributed by atoms with E-state index in [1.165, 1.54) is 32.9 Å². The fourth-order valence-electron chi connectivity index (χ4n) is 2.27. The number of anilines is 2. The minimum Gasteiger partial charge on any atom is -0.356 e. The van der Waals surface area contributed by atoms with E-state index in [1.807, 2.05) is 0 Å². The van der Waals surface area contributed by atoms with Crippen molar-refractivity contribution in [2.24, 2.45) is 0 Å². The van der Waals surface area contributed by atoms with Gasteiger partial charge in [-0.05, 0) is 47.5 Å². The lowest BCUT2D eigenvalue weighted by Crippen LogP contribution is -2.35. The van der Waals surface area contributed by atoms with Gasteiger partial charge in [0.25, 0.3) is 0 Å². The van der Waals surface area contributed by atoms with Crippen LogP contribution in [0.4, 0.5) is 11.4 Å². The zero-order valence-corrected chi connectivity index (χ0v) is 11.1. The first-order chi connectivity index (χ1) is 7.72. The molecule has 0 aliphatic carbocycles. The zero-order valence-electron chi connectivity index (χ0n) is 9.67. The van der Waals surface area contributed by atoms with Gasteiger partial charge in [-0.2, -0.15) is 0 Å². The maximum Gasteiger partial charge on any atom is 0.0929 e. The lowest BCUT2D eigenvalue weighted by atomic mass is 10.2. The highest BCUT2D eigenvalue weighted by Gasteiger charge is 2.14. The van der Waals surface area contributed by atoms with Crippen LogP contribution in [0.2, 0.25) is 0 Å². The number of benzene rings is 2. The molecule has 0 aromatic heterocycles. The molecular weight excluding hydrogens is 210 g/mol. The van der Waals surface area contributed by atoms with Gasteiger partial charge in [-0.3, -0.25) is 0 Å². The molecule has 2 aromatic carbocycles. The molecule has 0 fully saturated rings. The first-order valence-electron chi connectivity index (χ1n) is 5.68. The van der Waals surface area contributed by atoms with Crippen LogP contribution in [0.1, 0.15) is 11.1 Å². The summed E-state index contributed by atoms with van der Waals surface area (Å²) < 4.78 is 0. The first-order valence-corrected chi connectivity index (χ1v) is 7.10. The molecule has 0 saturated heterocycles. The van der Waals surface area contributed by atoms with Crippen LogP contribution in [-0.4, -0.2) is 9.52 Å². The van der Waals surface area contributed by atoms with Crippen LogP contribution in [-0.2, 0) is 0 Å². The molecule has 1 heterocycles. The van der Waals surface area contributed by atoms with Crippen LogP contribution in [0.25, 0.3) is 0 Å².